The van der Waals surface area contributed by atoms with Gasteiger partial charge in [0.05, 0.1) is 0 Å². The Hall–Kier alpha value is -0.380. The van der Waals surface area contributed by atoms with Crippen LogP contribution in [0.1, 0.15) is 30.7 Å². The minimum absolute atomic E-state index is 0.742. The molecule has 2 saturated heterocycles. The molecule has 0 aromatic heterocycles. The van der Waals surface area contributed by atoms with Crippen molar-refractivity contribution < 1.29 is 0 Å². The minimum atomic E-state index is 0.742. The van der Waals surface area contributed by atoms with Crippen molar-refractivity contribution in [2.24, 2.45) is 0 Å². The molecular weight excluding hydrogens is 288 g/mol. The van der Waals surface area contributed by atoms with Gasteiger partial charge in [-0.15, -0.1) is 0 Å². The average Bonchev–Trinajstić information content (AvgIpc) is 2.94. The van der Waals surface area contributed by atoms with E-state index in [1.165, 1.54) is 55.5 Å². The molecule has 1 aromatic rings. The van der Waals surface area contributed by atoms with E-state index in [4.69, 9.17) is 0 Å². The summed E-state index contributed by atoms with van der Waals surface area (Å²) in [4.78, 5) is 2.69. The van der Waals surface area contributed by atoms with Gasteiger partial charge < -0.3 is 5.32 Å². The number of rotatable bonds is 2. The topological polar surface area (TPSA) is 15.3 Å². The molecule has 1 aromatic carbocycles. The Morgan fingerprint density at radius 3 is 2.56 bits per heavy atom. The number of nitrogens with one attached hydrogen (secondary N) is 1. The zero-order valence-corrected chi connectivity index (χ0v) is 12.3. The summed E-state index contributed by atoms with van der Waals surface area (Å²) in [5.41, 5.74) is 1.50. The Morgan fingerprint density at radius 2 is 1.89 bits per heavy atom. The van der Waals surface area contributed by atoms with Crippen LogP contribution in [0, 0.1) is 0 Å². The number of halogens is 1. The summed E-state index contributed by atoms with van der Waals surface area (Å²) in [7, 11) is 0. The maximum atomic E-state index is 3.69. The van der Waals surface area contributed by atoms with Crippen LogP contribution in [-0.2, 0) is 0 Å². The number of benzene rings is 1. The molecule has 1 atom stereocenters. The second-order valence-electron chi connectivity index (χ2n) is 5.48. The summed E-state index contributed by atoms with van der Waals surface area (Å²) >= 11 is 3.69. The molecule has 98 valence electrons. The van der Waals surface area contributed by atoms with E-state index in [1.54, 1.807) is 0 Å². The predicted octanol–water partition coefficient (Wildman–Crippen LogP) is 2.99. The van der Waals surface area contributed by atoms with E-state index in [2.05, 4.69) is 50.4 Å². The van der Waals surface area contributed by atoms with Crippen LogP contribution in [0.3, 0.4) is 0 Å². The second kappa shape index (κ2) is 5.72. The maximum absolute atomic E-state index is 3.69. The van der Waals surface area contributed by atoms with E-state index < -0.39 is 0 Å². The van der Waals surface area contributed by atoms with Crippen LogP contribution >= 0.6 is 15.9 Å². The highest BCUT2D eigenvalue weighted by Crippen LogP contribution is 2.33. The molecule has 0 spiro atoms. The fourth-order valence-corrected chi connectivity index (χ4v) is 3.94. The summed E-state index contributed by atoms with van der Waals surface area (Å²) in [6.45, 7) is 4.92. The molecule has 2 nitrogen and oxygen atoms in total. The molecule has 2 aliphatic rings. The highest BCUT2D eigenvalue weighted by Gasteiger charge is 2.27. The molecule has 0 amide bonds. The maximum Gasteiger partial charge on any atom is 0.0232 e. The van der Waals surface area contributed by atoms with Gasteiger partial charge >= 0.3 is 0 Å². The van der Waals surface area contributed by atoms with E-state index in [9.17, 15) is 0 Å². The van der Waals surface area contributed by atoms with Crippen LogP contribution in [-0.4, -0.2) is 37.1 Å². The Morgan fingerprint density at radius 1 is 1.11 bits per heavy atom. The highest BCUT2D eigenvalue weighted by atomic mass is 79.9. The molecular formula is C15H21BrN2. The standard InChI is InChI=1S/C15H21BrN2/c16-15-4-2-1-3-14(15)12-6-9-18(10-7-12)13-5-8-17-11-13/h1-4,12-13,17H,5-11H2. The zero-order chi connectivity index (χ0) is 12.4. The van der Waals surface area contributed by atoms with E-state index in [-0.39, 0.29) is 0 Å². The van der Waals surface area contributed by atoms with Crippen molar-refractivity contribution >= 4 is 15.9 Å². The molecule has 2 fully saturated rings. The quantitative estimate of drug-likeness (QED) is 0.903. The van der Waals surface area contributed by atoms with Gasteiger partial charge in [-0.25, -0.2) is 0 Å². The third-order valence-electron chi connectivity index (χ3n) is 4.43. The lowest BCUT2D eigenvalue weighted by Crippen LogP contribution is -2.42. The van der Waals surface area contributed by atoms with Crippen molar-refractivity contribution in [2.45, 2.75) is 31.2 Å². The molecule has 0 radical (unpaired) electrons. The summed E-state index contributed by atoms with van der Waals surface area (Å²) in [6.07, 6.45) is 3.94. The van der Waals surface area contributed by atoms with E-state index >= 15 is 0 Å². The lowest BCUT2D eigenvalue weighted by molar-refractivity contribution is 0.161. The third-order valence-corrected chi connectivity index (χ3v) is 5.15. The average molecular weight is 309 g/mol. The molecule has 0 saturated carbocycles. The smallest absolute Gasteiger partial charge is 0.0232 e. The van der Waals surface area contributed by atoms with Gasteiger partial charge in [-0.1, -0.05) is 34.1 Å². The predicted molar refractivity (Wildman–Crippen MR) is 79.0 cm³/mol. The molecule has 2 aliphatic heterocycles. The number of likely N-dealkylation sites (tertiary alicyclic amines) is 1. The van der Waals surface area contributed by atoms with Gasteiger partial charge in [0, 0.05) is 17.1 Å². The van der Waals surface area contributed by atoms with E-state index in [0.717, 1.165) is 12.0 Å². The van der Waals surface area contributed by atoms with Crippen molar-refractivity contribution in [1.29, 1.82) is 0 Å². The Kier molecular flexibility index (Phi) is 4.02. The van der Waals surface area contributed by atoms with Crippen molar-refractivity contribution in [1.82, 2.24) is 10.2 Å². The lowest BCUT2D eigenvalue weighted by atomic mass is 9.89. The first-order chi connectivity index (χ1) is 8.84. The third kappa shape index (κ3) is 2.63. The van der Waals surface area contributed by atoms with Crippen LogP contribution < -0.4 is 5.32 Å². The molecule has 1 unspecified atom stereocenters. The normalized spacial score (nSPS) is 26.6. The van der Waals surface area contributed by atoms with Gasteiger partial charge in [-0.3, -0.25) is 4.90 Å². The van der Waals surface area contributed by atoms with Gasteiger partial charge in [0.1, 0.15) is 0 Å². The van der Waals surface area contributed by atoms with Gasteiger partial charge in [0.25, 0.3) is 0 Å². The van der Waals surface area contributed by atoms with Gasteiger partial charge in [-0.2, -0.15) is 0 Å². The summed E-state index contributed by atoms with van der Waals surface area (Å²) in [5, 5.41) is 3.47. The first kappa shape index (κ1) is 12.6. The van der Waals surface area contributed by atoms with Crippen LogP contribution in [0.2, 0.25) is 0 Å². The van der Waals surface area contributed by atoms with Crippen molar-refractivity contribution in [2.75, 3.05) is 26.2 Å². The van der Waals surface area contributed by atoms with Crippen LogP contribution in [0.4, 0.5) is 0 Å². The number of nitrogens with zero attached hydrogens (tertiary/aromatic N) is 1. The van der Waals surface area contributed by atoms with Crippen molar-refractivity contribution in [3.63, 3.8) is 0 Å². The first-order valence-electron chi connectivity index (χ1n) is 7.04. The molecule has 3 heteroatoms. The van der Waals surface area contributed by atoms with Crippen LogP contribution in [0.15, 0.2) is 28.7 Å². The van der Waals surface area contributed by atoms with Gasteiger partial charge in [0.15, 0.2) is 0 Å². The SMILES string of the molecule is Brc1ccccc1C1CCN(C2CCNC2)CC1. The molecule has 2 heterocycles. The summed E-state index contributed by atoms with van der Waals surface area (Å²) < 4.78 is 1.28. The first-order valence-corrected chi connectivity index (χ1v) is 7.83. The van der Waals surface area contributed by atoms with Crippen molar-refractivity contribution in [3.8, 4) is 0 Å². The highest BCUT2D eigenvalue weighted by molar-refractivity contribution is 9.10. The number of piperidine rings is 1. The summed E-state index contributed by atoms with van der Waals surface area (Å²) in [6, 6.07) is 9.51. The zero-order valence-electron chi connectivity index (χ0n) is 10.7. The van der Waals surface area contributed by atoms with E-state index in [1.807, 2.05) is 0 Å². The molecule has 1 N–H and O–H groups in total. The Labute approximate surface area is 118 Å². The van der Waals surface area contributed by atoms with Crippen molar-refractivity contribution in [3.05, 3.63) is 34.3 Å². The molecule has 0 bridgehead atoms. The largest absolute Gasteiger partial charge is 0.315 e. The molecule has 3 rings (SSSR count). The fraction of sp³-hybridized carbons (Fsp3) is 0.600. The lowest BCUT2D eigenvalue weighted by Gasteiger charge is -2.36. The monoisotopic (exact) mass is 308 g/mol. The van der Waals surface area contributed by atoms with Crippen LogP contribution in [0.5, 0.6) is 0 Å². The van der Waals surface area contributed by atoms with Crippen LogP contribution in [0.25, 0.3) is 0 Å². The Bertz CT molecular complexity index is 393. The van der Waals surface area contributed by atoms with Gasteiger partial charge in [0.2, 0.25) is 0 Å². The minimum Gasteiger partial charge on any atom is -0.315 e. The second-order valence-corrected chi connectivity index (χ2v) is 6.33. The molecule has 0 aliphatic carbocycles. The van der Waals surface area contributed by atoms with E-state index in [0.29, 0.717) is 0 Å². The fourth-order valence-electron chi connectivity index (χ4n) is 3.33. The Balaban J connectivity index is 1.61. The number of hydrogen-bond donors (Lipinski definition) is 1. The number of hydrogen-bond acceptors (Lipinski definition) is 2. The van der Waals surface area contributed by atoms with Gasteiger partial charge in [-0.05, 0) is 56.4 Å². The molecule has 18 heavy (non-hydrogen) atoms. The summed E-state index contributed by atoms with van der Waals surface area (Å²) in [5.74, 6) is 0.742.